The fourth-order valence-corrected chi connectivity index (χ4v) is 2.32. The van der Waals surface area contributed by atoms with Crippen LogP contribution in [0, 0.1) is 0 Å². The number of rotatable bonds is 1. The molecule has 3 heterocycles. The van der Waals surface area contributed by atoms with Gasteiger partial charge in [0, 0.05) is 17.1 Å². The standard InChI is InChI=1S/C11H6ClN3S/c12-11-3-7(6-16-11)9-5-14-10-4-13-2-1-8(10)15-9/h1-6H. The fraction of sp³-hybridized carbons (Fsp3) is 0. The number of hydrogen-bond acceptors (Lipinski definition) is 4. The molecular weight excluding hydrogens is 242 g/mol. The van der Waals surface area contributed by atoms with Crippen LogP contribution in [0.25, 0.3) is 22.3 Å². The molecule has 0 radical (unpaired) electrons. The second-order valence-electron chi connectivity index (χ2n) is 3.26. The topological polar surface area (TPSA) is 38.7 Å². The van der Waals surface area contributed by atoms with Gasteiger partial charge in [0.25, 0.3) is 0 Å². The van der Waals surface area contributed by atoms with Gasteiger partial charge < -0.3 is 0 Å². The Morgan fingerprint density at radius 1 is 1.19 bits per heavy atom. The zero-order valence-electron chi connectivity index (χ0n) is 8.09. The highest BCUT2D eigenvalue weighted by atomic mass is 35.5. The van der Waals surface area contributed by atoms with Gasteiger partial charge in [-0.2, -0.15) is 0 Å². The van der Waals surface area contributed by atoms with E-state index in [0.29, 0.717) is 0 Å². The van der Waals surface area contributed by atoms with Crippen LogP contribution in [0.15, 0.2) is 36.1 Å². The average molecular weight is 248 g/mol. The van der Waals surface area contributed by atoms with Gasteiger partial charge in [-0.25, -0.2) is 4.98 Å². The predicted molar refractivity (Wildman–Crippen MR) is 65.7 cm³/mol. The van der Waals surface area contributed by atoms with E-state index >= 15 is 0 Å². The minimum Gasteiger partial charge on any atom is -0.262 e. The first-order chi connectivity index (χ1) is 7.83. The molecule has 0 N–H and O–H groups in total. The Bertz CT molecular complexity index is 650. The molecule has 0 aliphatic heterocycles. The van der Waals surface area contributed by atoms with E-state index in [1.54, 1.807) is 18.6 Å². The quantitative estimate of drug-likeness (QED) is 0.662. The summed E-state index contributed by atoms with van der Waals surface area (Å²) >= 11 is 7.38. The minimum absolute atomic E-state index is 0.756. The normalized spacial score (nSPS) is 10.8. The largest absolute Gasteiger partial charge is 0.262 e. The molecule has 0 unspecified atom stereocenters. The van der Waals surface area contributed by atoms with Crippen molar-refractivity contribution in [2.24, 2.45) is 0 Å². The first-order valence-corrected chi connectivity index (χ1v) is 5.90. The highest BCUT2D eigenvalue weighted by molar-refractivity contribution is 7.14. The van der Waals surface area contributed by atoms with Crippen molar-refractivity contribution in [3.05, 3.63) is 40.4 Å². The zero-order valence-corrected chi connectivity index (χ0v) is 9.66. The number of halogens is 1. The number of thiophene rings is 1. The van der Waals surface area contributed by atoms with Gasteiger partial charge in [0.1, 0.15) is 5.52 Å². The summed E-state index contributed by atoms with van der Waals surface area (Å²) in [6, 6.07) is 3.74. The molecule has 3 aromatic rings. The predicted octanol–water partition coefficient (Wildman–Crippen LogP) is 3.41. The molecule has 78 valence electrons. The third kappa shape index (κ3) is 1.66. The molecule has 0 saturated heterocycles. The molecule has 0 aliphatic carbocycles. The summed E-state index contributed by atoms with van der Waals surface area (Å²) in [5.74, 6) is 0. The maximum Gasteiger partial charge on any atom is 0.107 e. The highest BCUT2D eigenvalue weighted by Crippen LogP contribution is 2.27. The van der Waals surface area contributed by atoms with E-state index in [-0.39, 0.29) is 0 Å². The van der Waals surface area contributed by atoms with E-state index in [2.05, 4.69) is 15.0 Å². The van der Waals surface area contributed by atoms with Crippen LogP contribution in [0.4, 0.5) is 0 Å². The number of aromatic nitrogens is 3. The van der Waals surface area contributed by atoms with Crippen molar-refractivity contribution in [1.29, 1.82) is 0 Å². The van der Waals surface area contributed by atoms with E-state index in [1.165, 1.54) is 11.3 Å². The Hall–Kier alpha value is -1.52. The second-order valence-corrected chi connectivity index (χ2v) is 4.80. The third-order valence-corrected chi connectivity index (χ3v) is 3.30. The van der Waals surface area contributed by atoms with Crippen molar-refractivity contribution in [1.82, 2.24) is 15.0 Å². The van der Waals surface area contributed by atoms with Crippen LogP contribution >= 0.6 is 22.9 Å². The summed E-state index contributed by atoms with van der Waals surface area (Å²) in [6.45, 7) is 0. The molecule has 0 aliphatic rings. The Balaban J connectivity index is 2.18. The molecule has 5 heteroatoms. The maximum atomic E-state index is 5.89. The first-order valence-electron chi connectivity index (χ1n) is 4.64. The molecule has 0 amide bonds. The SMILES string of the molecule is Clc1cc(-c2cnc3cnccc3n2)cs1. The minimum atomic E-state index is 0.756. The zero-order chi connectivity index (χ0) is 11.0. The van der Waals surface area contributed by atoms with Crippen molar-refractivity contribution in [2.75, 3.05) is 0 Å². The van der Waals surface area contributed by atoms with E-state index in [0.717, 1.165) is 26.6 Å². The lowest BCUT2D eigenvalue weighted by atomic mass is 10.2. The van der Waals surface area contributed by atoms with E-state index < -0.39 is 0 Å². The van der Waals surface area contributed by atoms with Gasteiger partial charge in [0.05, 0.1) is 27.9 Å². The third-order valence-electron chi connectivity index (χ3n) is 2.21. The van der Waals surface area contributed by atoms with Crippen molar-refractivity contribution >= 4 is 34.0 Å². The highest BCUT2D eigenvalue weighted by Gasteiger charge is 2.04. The maximum absolute atomic E-state index is 5.89. The molecule has 0 spiro atoms. The van der Waals surface area contributed by atoms with Gasteiger partial charge in [-0.05, 0) is 12.1 Å². The van der Waals surface area contributed by atoms with Crippen LogP contribution < -0.4 is 0 Å². The van der Waals surface area contributed by atoms with Crippen LogP contribution in [-0.4, -0.2) is 15.0 Å². The van der Waals surface area contributed by atoms with Crippen LogP contribution in [0.5, 0.6) is 0 Å². The molecule has 3 nitrogen and oxygen atoms in total. The lowest BCUT2D eigenvalue weighted by Crippen LogP contribution is -1.87. The second kappa shape index (κ2) is 3.81. The number of pyridine rings is 1. The Morgan fingerprint density at radius 3 is 2.94 bits per heavy atom. The van der Waals surface area contributed by atoms with Crippen molar-refractivity contribution in [2.45, 2.75) is 0 Å². The molecule has 0 fully saturated rings. The molecular formula is C11H6ClN3S. The van der Waals surface area contributed by atoms with Gasteiger partial charge in [0.15, 0.2) is 0 Å². The Morgan fingerprint density at radius 2 is 2.12 bits per heavy atom. The van der Waals surface area contributed by atoms with Gasteiger partial charge >= 0.3 is 0 Å². The van der Waals surface area contributed by atoms with Crippen molar-refractivity contribution < 1.29 is 0 Å². The summed E-state index contributed by atoms with van der Waals surface area (Å²) in [5, 5.41) is 1.97. The van der Waals surface area contributed by atoms with Gasteiger partial charge in [0.2, 0.25) is 0 Å². The van der Waals surface area contributed by atoms with E-state index in [1.807, 2.05) is 17.5 Å². The molecule has 0 aromatic carbocycles. The van der Waals surface area contributed by atoms with Gasteiger partial charge in [-0.1, -0.05) is 11.6 Å². The summed E-state index contributed by atoms with van der Waals surface area (Å²) in [5.41, 5.74) is 3.48. The van der Waals surface area contributed by atoms with Crippen molar-refractivity contribution in [3.63, 3.8) is 0 Å². The van der Waals surface area contributed by atoms with Crippen LogP contribution in [-0.2, 0) is 0 Å². The van der Waals surface area contributed by atoms with Crippen molar-refractivity contribution in [3.8, 4) is 11.3 Å². The number of hydrogen-bond donors (Lipinski definition) is 0. The fourth-order valence-electron chi connectivity index (χ4n) is 1.45. The van der Waals surface area contributed by atoms with Crippen LogP contribution in [0.3, 0.4) is 0 Å². The smallest absolute Gasteiger partial charge is 0.107 e. The van der Waals surface area contributed by atoms with Gasteiger partial charge in [-0.15, -0.1) is 11.3 Å². The lowest BCUT2D eigenvalue weighted by molar-refractivity contribution is 1.25. The summed E-state index contributed by atoms with van der Waals surface area (Å²) < 4.78 is 0.756. The summed E-state index contributed by atoms with van der Waals surface area (Å²) in [6.07, 6.45) is 5.15. The molecule has 0 bridgehead atoms. The molecule has 0 atom stereocenters. The summed E-state index contributed by atoms with van der Waals surface area (Å²) in [4.78, 5) is 12.8. The lowest BCUT2D eigenvalue weighted by Gasteiger charge is -1.98. The number of nitrogens with zero attached hydrogens (tertiary/aromatic N) is 3. The van der Waals surface area contributed by atoms with Crippen LogP contribution in [0.2, 0.25) is 4.34 Å². The van der Waals surface area contributed by atoms with E-state index in [9.17, 15) is 0 Å². The van der Waals surface area contributed by atoms with Crippen LogP contribution in [0.1, 0.15) is 0 Å². The Labute approximate surface area is 101 Å². The monoisotopic (exact) mass is 247 g/mol. The Kier molecular flexibility index (Phi) is 2.31. The molecule has 3 aromatic heterocycles. The molecule has 0 saturated carbocycles. The average Bonchev–Trinajstić information content (AvgIpc) is 2.75. The molecule has 16 heavy (non-hydrogen) atoms. The van der Waals surface area contributed by atoms with E-state index in [4.69, 9.17) is 11.6 Å². The van der Waals surface area contributed by atoms with Gasteiger partial charge in [-0.3, -0.25) is 9.97 Å². The number of fused-ring (bicyclic) bond motifs is 1. The molecule has 3 rings (SSSR count). The summed E-state index contributed by atoms with van der Waals surface area (Å²) in [7, 11) is 0. The first kappa shape index (κ1) is 9.69.